The lowest BCUT2D eigenvalue weighted by Gasteiger charge is -2.25. The summed E-state index contributed by atoms with van der Waals surface area (Å²) < 4.78 is 27.2. The van der Waals surface area contributed by atoms with E-state index in [1.165, 1.54) is 19.2 Å². The number of hydrogen-bond acceptors (Lipinski definition) is 7. The van der Waals surface area contributed by atoms with Crippen molar-refractivity contribution in [2.75, 3.05) is 6.61 Å². The number of aliphatic hydroxyl groups is 1. The van der Waals surface area contributed by atoms with Gasteiger partial charge in [-0.25, -0.2) is 4.39 Å². The Labute approximate surface area is 253 Å². The molecule has 0 spiro atoms. The normalized spacial score (nSPS) is 15.3. The number of pyridine rings is 1. The highest BCUT2D eigenvalue weighted by Crippen LogP contribution is 2.43. The number of halogens is 2. The van der Waals surface area contributed by atoms with Crippen LogP contribution in [0.3, 0.4) is 0 Å². The molecule has 1 aliphatic carbocycles. The Morgan fingerprint density at radius 1 is 1.16 bits per heavy atom. The Balaban J connectivity index is 1.44. The second-order valence-corrected chi connectivity index (χ2v) is 10.9. The molecule has 3 aromatic carbocycles. The molecule has 2 atom stereocenters. The minimum absolute atomic E-state index is 0.0213. The molecule has 1 aliphatic rings. The SMILES string of the molecule is C[C@](CO)(NCc1cc(Cl)c(O[C@H]2CCc3c(-c4ccccc4F)cccc32)cc1OCc1cncc(C#N)c1)C(=O)O. The molecule has 4 aromatic rings. The van der Waals surface area contributed by atoms with Gasteiger partial charge in [0.1, 0.15) is 41.6 Å². The largest absolute Gasteiger partial charge is 0.488 e. The van der Waals surface area contributed by atoms with E-state index in [0.717, 1.165) is 16.7 Å². The maximum atomic E-state index is 14.6. The monoisotopic (exact) mass is 601 g/mol. The van der Waals surface area contributed by atoms with Crippen LogP contribution >= 0.6 is 11.6 Å². The fourth-order valence-corrected chi connectivity index (χ4v) is 5.27. The van der Waals surface area contributed by atoms with Crippen LogP contribution in [0.2, 0.25) is 5.02 Å². The molecule has 220 valence electrons. The molecule has 43 heavy (non-hydrogen) atoms. The molecule has 0 saturated heterocycles. The molecule has 1 aromatic heterocycles. The van der Waals surface area contributed by atoms with Crippen LogP contribution in [0, 0.1) is 17.1 Å². The Morgan fingerprint density at radius 2 is 1.95 bits per heavy atom. The summed E-state index contributed by atoms with van der Waals surface area (Å²) in [7, 11) is 0. The zero-order valence-corrected chi connectivity index (χ0v) is 24.1. The summed E-state index contributed by atoms with van der Waals surface area (Å²) in [5.41, 5.74) is 3.33. The number of aliphatic hydroxyl groups excluding tert-OH is 1. The molecule has 0 amide bonds. The number of benzene rings is 3. The van der Waals surface area contributed by atoms with E-state index in [9.17, 15) is 24.7 Å². The van der Waals surface area contributed by atoms with Gasteiger partial charge in [-0.05, 0) is 54.7 Å². The minimum Gasteiger partial charge on any atom is -0.488 e. The van der Waals surface area contributed by atoms with Crippen LogP contribution in [-0.4, -0.2) is 33.3 Å². The predicted octanol–water partition coefficient (Wildman–Crippen LogP) is 5.98. The number of fused-ring (bicyclic) bond motifs is 1. The molecule has 0 bridgehead atoms. The quantitative estimate of drug-likeness (QED) is 0.192. The number of aromatic nitrogens is 1. The van der Waals surface area contributed by atoms with Gasteiger partial charge in [-0.1, -0.05) is 48.0 Å². The molecular formula is C33H29ClFN3O5. The van der Waals surface area contributed by atoms with Crippen molar-refractivity contribution in [2.24, 2.45) is 0 Å². The van der Waals surface area contributed by atoms with Crippen LogP contribution in [0.1, 0.15) is 47.3 Å². The van der Waals surface area contributed by atoms with Gasteiger partial charge in [0.15, 0.2) is 0 Å². The van der Waals surface area contributed by atoms with Gasteiger partial charge in [-0.2, -0.15) is 5.26 Å². The molecule has 8 nitrogen and oxygen atoms in total. The third-order valence-corrected chi connectivity index (χ3v) is 7.83. The average Bonchev–Trinajstić information content (AvgIpc) is 3.43. The summed E-state index contributed by atoms with van der Waals surface area (Å²) >= 11 is 6.69. The molecule has 0 aliphatic heterocycles. The molecule has 3 N–H and O–H groups in total. The van der Waals surface area contributed by atoms with Crippen molar-refractivity contribution in [1.82, 2.24) is 10.3 Å². The number of nitrogens with one attached hydrogen (secondary N) is 1. The fraction of sp³-hybridized carbons (Fsp3) is 0.242. The van der Waals surface area contributed by atoms with Gasteiger partial charge in [0, 0.05) is 41.7 Å². The van der Waals surface area contributed by atoms with E-state index >= 15 is 0 Å². The number of ether oxygens (including phenoxy) is 2. The molecule has 1 heterocycles. The number of rotatable bonds is 11. The van der Waals surface area contributed by atoms with Gasteiger partial charge >= 0.3 is 5.97 Å². The lowest BCUT2D eigenvalue weighted by atomic mass is 9.96. The first kappa shape index (κ1) is 30.0. The van der Waals surface area contributed by atoms with Crippen molar-refractivity contribution >= 4 is 17.6 Å². The number of carboxylic acids is 1. The van der Waals surface area contributed by atoms with Crippen molar-refractivity contribution in [3.05, 3.63) is 112 Å². The van der Waals surface area contributed by atoms with Crippen LogP contribution in [0.15, 0.2) is 73.1 Å². The summed E-state index contributed by atoms with van der Waals surface area (Å²) in [6, 6.07) is 19.4. The highest BCUT2D eigenvalue weighted by atomic mass is 35.5. The zero-order chi connectivity index (χ0) is 30.6. The lowest BCUT2D eigenvalue weighted by Crippen LogP contribution is -2.52. The number of nitriles is 1. The Morgan fingerprint density at radius 3 is 2.70 bits per heavy atom. The van der Waals surface area contributed by atoms with Gasteiger partial charge in [-0.15, -0.1) is 0 Å². The van der Waals surface area contributed by atoms with Crippen LogP contribution in [0.25, 0.3) is 11.1 Å². The first-order valence-electron chi connectivity index (χ1n) is 13.6. The lowest BCUT2D eigenvalue weighted by molar-refractivity contribution is -0.145. The second kappa shape index (κ2) is 12.8. The van der Waals surface area contributed by atoms with E-state index in [4.69, 9.17) is 21.1 Å². The van der Waals surface area contributed by atoms with E-state index < -0.39 is 18.1 Å². The van der Waals surface area contributed by atoms with Crippen molar-refractivity contribution in [1.29, 1.82) is 5.26 Å². The van der Waals surface area contributed by atoms with Crippen LogP contribution in [-0.2, 0) is 24.4 Å². The second-order valence-electron chi connectivity index (χ2n) is 10.5. The minimum atomic E-state index is -1.59. The smallest absolute Gasteiger partial charge is 0.326 e. The van der Waals surface area contributed by atoms with Gasteiger partial charge in [0.05, 0.1) is 17.2 Å². The van der Waals surface area contributed by atoms with E-state index in [1.54, 1.807) is 36.5 Å². The van der Waals surface area contributed by atoms with Crippen LogP contribution < -0.4 is 14.8 Å². The Kier molecular flexibility index (Phi) is 8.92. The van der Waals surface area contributed by atoms with Crippen molar-refractivity contribution in [3.8, 4) is 28.7 Å². The van der Waals surface area contributed by atoms with Gasteiger partial charge in [-0.3, -0.25) is 15.1 Å². The number of nitrogens with zero attached hydrogens (tertiary/aromatic N) is 2. The Hall–Kier alpha value is -4.49. The first-order valence-corrected chi connectivity index (χ1v) is 14.0. The highest BCUT2D eigenvalue weighted by molar-refractivity contribution is 6.32. The molecular weight excluding hydrogens is 573 g/mol. The molecule has 10 heteroatoms. The predicted molar refractivity (Wildman–Crippen MR) is 158 cm³/mol. The van der Waals surface area contributed by atoms with Gasteiger partial charge in [0.25, 0.3) is 0 Å². The summed E-state index contributed by atoms with van der Waals surface area (Å²) in [6.07, 6.45) is 4.06. The summed E-state index contributed by atoms with van der Waals surface area (Å²) in [5, 5.41) is 31.6. The number of carboxylic acid groups (broad SMARTS) is 1. The molecule has 0 radical (unpaired) electrons. The average molecular weight is 602 g/mol. The van der Waals surface area contributed by atoms with E-state index in [2.05, 4.69) is 10.3 Å². The van der Waals surface area contributed by atoms with Crippen LogP contribution in [0.5, 0.6) is 11.5 Å². The van der Waals surface area contributed by atoms with Gasteiger partial charge in [0.2, 0.25) is 0 Å². The maximum Gasteiger partial charge on any atom is 0.326 e. The zero-order valence-electron chi connectivity index (χ0n) is 23.3. The van der Waals surface area contributed by atoms with E-state index in [1.807, 2.05) is 30.3 Å². The third-order valence-electron chi connectivity index (χ3n) is 7.54. The maximum absolute atomic E-state index is 14.6. The fourth-order valence-electron chi connectivity index (χ4n) is 5.04. The van der Waals surface area contributed by atoms with Crippen molar-refractivity contribution < 1.29 is 28.9 Å². The number of carbonyl (C=O) groups is 1. The van der Waals surface area contributed by atoms with Crippen molar-refractivity contribution in [3.63, 3.8) is 0 Å². The third kappa shape index (κ3) is 6.47. The van der Waals surface area contributed by atoms with Crippen molar-refractivity contribution in [2.45, 2.75) is 44.6 Å². The summed E-state index contributed by atoms with van der Waals surface area (Å²) in [5.74, 6) is -0.762. The molecule has 0 saturated carbocycles. The summed E-state index contributed by atoms with van der Waals surface area (Å²) in [4.78, 5) is 15.8. The van der Waals surface area contributed by atoms with E-state index in [0.29, 0.717) is 46.6 Å². The van der Waals surface area contributed by atoms with E-state index in [-0.39, 0.29) is 30.1 Å². The molecule has 0 fully saturated rings. The van der Waals surface area contributed by atoms with Crippen LogP contribution in [0.4, 0.5) is 4.39 Å². The Bertz CT molecular complexity index is 1710. The number of hydrogen-bond donors (Lipinski definition) is 3. The molecule has 0 unspecified atom stereocenters. The van der Waals surface area contributed by atoms with Gasteiger partial charge < -0.3 is 19.7 Å². The standard InChI is InChI=1S/C33H29ClFN3O5/c1-33(19-39,32(40)41)38-17-22-12-27(34)31(13-30(22)42-18-21-11-20(14-36)15-37-16-21)43-29-10-9-24-23(6-4-7-26(24)29)25-5-2-3-8-28(25)35/h2-8,11-13,15-16,29,38-39H,9-10,17-19H2,1H3,(H,40,41)/t29-,33+/m0/s1. The summed E-state index contributed by atoms with van der Waals surface area (Å²) in [6.45, 7) is 0.843. The number of aliphatic carboxylic acids is 1. The highest BCUT2D eigenvalue weighted by Gasteiger charge is 2.32. The first-order chi connectivity index (χ1) is 20.7. The topological polar surface area (TPSA) is 125 Å². The molecule has 5 rings (SSSR count).